The summed E-state index contributed by atoms with van der Waals surface area (Å²) in [6, 6.07) is 11.8. The minimum Gasteiger partial charge on any atom is -0.508 e. The first-order valence-corrected chi connectivity index (χ1v) is 5.58. The molecule has 0 fully saturated rings. The van der Waals surface area contributed by atoms with E-state index >= 15 is 0 Å². The summed E-state index contributed by atoms with van der Waals surface area (Å²) in [4.78, 5) is 17.9. The number of nitrogens with zero attached hydrogens (tertiary/aromatic N) is 2. The zero-order valence-corrected chi connectivity index (χ0v) is 10.3. The van der Waals surface area contributed by atoms with Gasteiger partial charge in [0, 0.05) is 18.4 Å². The highest BCUT2D eigenvalue weighted by atomic mass is 16.3. The summed E-state index contributed by atoms with van der Waals surface area (Å²) in [5.74, 6) is -0.00216. The van der Waals surface area contributed by atoms with Crippen molar-refractivity contribution >= 4 is 11.6 Å². The van der Waals surface area contributed by atoms with Gasteiger partial charge in [0.05, 0.1) is 0 Å². The summed E-state index contributed by atoms with van der Waals surface area (Å²) in [5.41, 5.74) is 1.92. The van der Waals surface area contributed by atoms with Gasteiger partial charge in [-0.2, -0.15) is 0 Å². The summed E-state index contributed by atoms with van der Waals surface area (Å²) in [5, 5.41) is 9.21. The molecule has 0 radical (unpaired) electrons. The molecule has 0 spiro atoms. The Morgan fingerprint density at radius 1 is 1.17 bits per heavy atom. The zero-order valence-electron chi connectivity index (χ0n) is 10.3. The van der Waals surface area contributed by atoms with Crippen LogP contribution in [-0.2, 0) is 0 Å². The van der Waals surface area contributed by atoms with Crippen LogP contribution in [0.4, 0.5) is 5.69 Å². The average Bonchev–Trinajstić information content (AvgIpc) is 2.38. The molecule has 2 rings (SSSR count). The van der Waals surface area contributed by atoms with Gasteiger partial charge in [-0.1, -0.05) is 6.07 Å². The van der Waals surface area contributed by atoms with Crippen LogP contribution in [0, 0.1) is 6.92 Å². The number of anilines is 1. The van der Waals surface area contributed by atoms with E-state index < -0.39 is 0 Å². The van der Waals surface area contributed by atoms with Gasteiger partial charge in [0.15, 0.2) is 0 Å². The van der Waals surface area contributed by atoms with Crippen LogP contribution in [0.15, 0.2) is 42.5 Å². The molecule has 0 bridgehead atoms. The summed E-state index contributed by atoms with van der Waals surface area (Å²) in [7, 11) is 1.68. The van der Waals surface area contributed by atoms with Crippen LogP contribution in [0.2, 0.25) is 0 Å². The van der Waals surface area contributed by atoms with Crippen molar-refractivity contribution in [3.05, 3.63) is 53.9 Å². The second-order valence-electron chi connectivity index (χ2n) is 4.04. The molecule has 4 nitrogen and oxygen atoms in total. The number of carbonyl (C=O) groups excluding carboxylic acids is 1. The maximum Gasteiger partial charge on any atom is 0.276 e. The molecule has 0 aliphatic carbocycles. The number of hydrogen-bond donors (Lipinski definition) is 1. The van der Waals surface area contributed by atoms with E-state index in [2.05, 4.69) is 4.98 Å². The highest BCUT2D eigenvalue weighted by Gasteiger charge is 2.14. The van der Waals surface area contributed by atoms with Gasteiger partial charge >= 0.3 is 0 Å². The highest BCUT2D eigenvalue weighted by Crippen LogP contribution is 2.18. The number of phenols is 1. The largest absolute Gasteiger partial charge is 0.508 e. The predicted molar refractivity (Wildman–Crippen MR) is 69.8 cm³/mol. The molecular weight excluding hydrogens is 228 g/mol. The van der Waals surface area contributed by atoms with Crippen molar-refractivity contribution in [2.24, 2.45) is 0 Å². The molecule has 2 aromatic rings. The third kappa shape index (κ3) is 2.48. The molecule has 4 heteroatoms. The second kappa shape index (κ2) is 4.87. The molecule has 0 saturated heterocycles. The lowest BCUT2D eigenvalue weighted by atomic mass is 10.2. The van der Waals surface area contributed by atoms with Crippen molar-refractivity contribution in [3.8, 4) is 5.75 Å². The van der Waals surface area contributed by atoms with Crippen molar-refractivity contribution < 1.29 is 9.90 Å². The van der Waals surface area contributed by atoms with Crippen LogP contribution in [-0.4, -0.2) is 23.0 Å². The van der Waals surface area contributed by atoms with Gasteiger partial charge in [-0.05, 0) is 43.3 Å². The number of aryl methyl sites for hydroxylation is 1. The Labute approximate surface area is 106 Å². The molecule has 0 aliphatic heterocycles. The fourth-order valence-corrected chi connectivity index (χ4v) is 1.63. The Morgan fingerprint density at radius 2 is 1.83 bits per heavy atom. The minimum absolute atomic E-state index is 0.174. The summed E-state index contributed by atoms with van der Waals surface area (Å²) >= 11 is 0. The Morgan fingerprint density at radius 3 is 2.44 bits per heavy atom. The van der Waals surface area contributed by atoms with Gasteiger partial charge in [0.2, 0.25) is 0 Å². The van der Waals surface area contributed by atoms with Gasteiger partial charge in [-0.25, -0.2) is 4.98 Å². The maximum atomic E-state index is 12.2. The molecule has 0 unspecified atom stereocenters. The number of phenolic OH excluding ortho intramolecular Hbond substituents is 1. The topological polar surface area (TPSA) is 53.4 Å². The number of aromatic nitrogens is 1. The number of benzene rings is 1. The van der Waals surface area contributed by atoms with E-state index in [1.54, 1.807) is 43.4 Å². The van der Waals surface area contributed by atoms with Crippen LogP contribution < -0.4 is 4.90 Å². The molecule has 0 saturated carbocycles. The van der Waals surface area contributed by atoms with E-state index in [-0.39, 0.29) is 11.7 Å². The maximum absolute atomic E-state index is 12.2. The Hall–Kier alpha value is -2.36. The van der Waals surface area contributed by atoms with Crippen molar-refractivity contribution in [2.45, 2.75) is 6.92 Å². The first-order valence-electron chi connectivity index (χ1n) is 5.58. The number of aromatic hydroxyl groups is 1. The summed E-state index contributed by atoms with van der Waals surface area (Å²) in [6.07, 6.45) is 0. The molecule has 0 atom stereocenters. The normalized spacial score (nSPS) is 10.1. The molecule has 1 N–H and O–H groups in total. The van der Waals surface area contributed by atoms with E-state index in [1.165, 1.54) is 4.90 Å². The van der Waals surface area contributed by atoms with Gasteiger partial charge in [-0.3, -0.25) is 4.79 Å². The van der Waals surface area contributed by atoms with Crippen LogP contribution in [0.3, 0.4) is 0 Å². The monoisotopic (exact) mass is 242 g/mol. The van der Waals surface area contributed by atoms with Crippen molar-refractivity contribution in [2.75, 3.05) is 11.9 Å². The molecule has 1 aromatic carbocycles. The highest BCUT2D eigenvalue weighted by molar-refractivity contribution is 6.04. The molecule has 1 amide bonds. The fourth-order valence-electron chi connectivity index (χ4n) is 1.63. The molecule has 92 valence electrons. The van der Waals surface area contributed by atoms with Gasteiger partial charge < -0.3 is 10.0 Å². The van der Waals surface area contributed by atoms with Crippen molar-refractivity contribution in [1.82, 2.24) is 4.98 Å². The van der Waals surface area contributed by atoms with Crippen LogP contribution in [0.25, 0.3) is 0 Å². The first-order chi connectivity index (χ1) is 8.58. The number of amides is 1. The smallest absolute Gasteiger partial charge is 0.276 e. The predicted octanol–water partition coefficient (Wildman–Crippen LogP) is 2.37. The Balaban J connectivity index is 2.26. The van der Waals surface area contributed by atoms with Gasteiger partial charge in [0.25, 0.3) is 5.91 Å². The lowest BCUT2D eigenvalue weighted by molar-refractivity contribution is 0.0988. The third-order valence-corrected chi connectivity index (χ3v) is 2.65. The summed E-state index contributed by atoms with van der Waals surface area (Å²) < 4.78 is 0. The van der Waals surface area contributed by atoms with E-state index in [0.717, 1.165) is 5.69 Å². The van der Waals surface area contributed by atoms with Crippen LogP contribution in [0.5, 0.6) is 5.75 Å². The van der Waals surface area contributed by atoms with Crippen LogP contribution >= 0.6 is 0 Å². The zero-order chi connectivity index (χ0) is 13.1. The molecule has 1 heterocycles. The third-order valence-electron chi connectivity index (χ3n) is 2.65. The quantitative estimate of drug-likeness (QED) is 0.879. The fraction of sp³-hybridized carbons (Fsp3) is 0.143. The van der Waals surface area contributed by atoms with E-state index in [9.17, 15) is 9.90 Å². The Bertz CT molecular complexity index is 564. The lowest BCUT2D eigenvalue weighted by Gasteiger charge is -2.17. The second-order valence-corrected chi connectivity index (χ2v) is 4.04. The Kier molecular flexibility index (Phi) is 3.28. The van der Waals surface area contributed by atoms with Crippen molar-refractivity contribution in [1.29, 1.82) is 0 Å². The lowest BCUT2D eigenvalue weighted by Crippen LogP contribution is -2.27. The first kappa shape index (κ1) is 12.1. The van der Waals surface area contributed by atoms with Crippen molar-refractivity contribution in [3.63, 3.8) is 0 Å². The molecule has 1 aromatic heterocycles. The van der Waals surface area contributed by atoms with E-state index in [0.29, 0.717) is 11.4 Å². The SMILES string of the molecule is Cc1cccc(C(=O)N(C)c2ccc(O)cc2)n1. The average molecular weight is 242 g/mol. The number of pyridine rings is 1. The minimum atomic E-state index is -0.176. The number of rotatable bonds is 2. The molecule has 0 aliphatic rings. The summed E-state index contributed by atoms with van der Waals surface area (Å²) in [6.45, 7) is 1.84. The molecule has 18 heavy (non-hydrogen) atoms. The van der Waals surface area contributed by atoms with Gasteiger partial charge in [-0.15, -0.1) is 0 Å². The van der Waals surface area contributed by atoms with Gasteiger partial charge in [0.1, 0.15) is 11.4 Å². The van der Waals surface area contributed by atoms with E-state index in [1.807, 2.05) is 13.0 Å². The number of carbonyl (C=O) groups is 1. The van der Waals surface area contributed by atoms with Crippen LogP contribution in [0.1, 0.15) is 16.2 Å². The van der Waals surface area contributed by atoms with E-state index in [4.69, 9.17) is 0 Å². The number of hydrogen-bond acceptors (Lipinski definition) is 3. The standard InChI is InChI=1S/C14H14N2O2/c1-10-4-3-5-13(15-10)14(18)16(2)11-6-8-12(17)9-7-11/h3-9,17H,1-2H3. The molecular formula is C14H14N2O2.